The van der Waals surface area contributed by atoms with E-state index in [1.54, 1.807) is 6.08 Å². The maximum absolute atomic E-state index is 9.03. The SMILES string of the molecule is C=C[C@@H](O)CN1C[C@H]1C. The number of aliphatic hydroxyl groups is 1. The van der Waals surface area contributed by atoms with Crippen molar-refractivity contribution in [1.29, 1.82) is 0 Å². The standard InChI is InChI=1S/C7H13NO/c1-3-7(9)5-8-4-6(8)2/h3,6-7,9H,1,4-5H2,2H3/t6-,7-,8?/m1/s1. The summed E-state index contributed by atoms with van der Waals surface area (Å²) in [5.41, 5.74) is 0. The van der Waals surface area contributed by atoms with E-state index in [0.29, 0.717) is 6.04 Å². The van der Waals surface area contributed by atoms with Crippen molar-refractivity contribution < 1.29 is 5.11 Å². The molecule has 1 unspecified atom stereocenters. The van der Waals surface area contributed by atoms with Gasteiger partial charge in [-0.2, -0.15) is 0 Å². The molecule has 9 heavy (non-hydrogen) atoms. The lowest BCUT2D eigenvalue weighted by atomic mass is 10.3. The fraction of sp³-hybridized carbons (Fsp3) is 0.714. The average molecular weight is 127 g/mol. The van der Waals surface area contributed by atoms with Gasteiger partial charge in [0.15, 0.2) is 0 Å². The van der Waals surface area contributed by atoms with Crippen LogP contribution in [-0.4, -0.2) is 35.2 Å². The van der Waals surface area contributed by atoms with Gasteiger partial charge >= 0.3 is 0 Å². The van der Waals surface area contributed by atoms with Crippen LogP contribution < -0.4 is 0 Å². The summed E-state index contributed by atoms with van der Waals surface area (Å²) >= 11 is 0. The molecule has 0 aliphatic carbocycles. The topological polar surface area (TPSA) is 23.2 Å². The first-order valence-electron chi connectivity index (χ1n) is 3.28. The molecule has 1 aliphatic rings. The highest BCUT2D eigenvalue weighted by molar-refractivity contribution is 4.90. The molecule has 0 amide bonds. The van der Waals surface area contributed by atoms with Crippen molar-refractivity contribution in [2.45, 2.75) is 19.1 Å². The molecule has 1 aliphatic heterocycles. The van der Waals surface area contributed by atoms with Crippen LogP contribution in [0.5, 0.6) is 0 Å². The van der Waals surface area contributed by atoms with Crippen LogP contribution in [0.4, 0.5) is 0 Å². The molecular weight excluding hydrogens is 114 g/mol. The Morgan fingerprint density at radius 2 is 2.56 bits per heavy atom. The fourth-order valence-electron chi connectivity index (χ4n) is 0.862. The van der Waals surface area contributed by atoms with Crippen molar-refractivity contribution in [2.75, 3.05) is 13.1 Å². The number of hydrogen-bond donors (Lipinski definition) is 1. The van der Waals surface area contributed by atoms with E-state index in [-0.39, 0.29) is 6.10 Å². The minimum absolute atomic E-state index is 0.338. The Morgan fingerprint density at radius 1 is 2.00 bits per heavy atom. The van der Waals surface area contributed by atoms with E-state index >= 15 is 0 Å². The predicted molar refractivity (Wildman–Crippen MR) is 37.2 cm³/mol. The van der Waals surface area contributed by atoms with E-state index in [9.17, 15) is 0 Å². The van der Waals surface area contributed by atoms with Crippen molar-refractivity contribution in [3.05, 3.63) is 12.7 Å². The van der Waals surface area contributed by atoms with Crippen LogP contribution in [0.2, 0.25) is 0 Å². The van der Waals surface area contributed by atoms with Gasteiger partial charge in [0.2, 0.25) is 0 Å². The fourth-order valence-corrected chi connectivity index (χ4v) is 0.862. The quantitative estimate of drug-likeness (QED) is 0.433. The number of aliphatic hydroxyl groups excluding tert-OH is 1. The Morgan fingerprint density at radius 3 is 2.89 bits per heavy atom. The van der Waals surface area contributed by atoms with Crippen LogP contribution in [0, 0.1) is 0 Å². The van der Waals surface area contributed by atoms with Gasteiger partial charge in [-0.3, -0.25) is 4.90 Å². The summed E-state index contributed by atoms with van der Waals surface area (Å²) in [4.78, 5) is 2.20. The molecule has 0 radical (unpaired) electrons. The maximum Gasteiger partial charge on any atom is 0.0845 e. The first-order chi connectivity index (χ1) is 4.24. The van der Waals surface area contributed by atoms with Crippen molar-refractivity contribution in [3.63, 3.8) is 0 Å². The molecule has 0 aromatic rings. The van der Waals surface area contributed by atoms with Crippen molar-refractivity contribution in [3.8, 4) is 0 Å². The zero-order valence-corrected chi connectivity index (χ0v) is 5.75. The van der Waals surface area contributed by atoms with Crippen molar-refractivity contribution in [2.24, 2.45) is 0 Å². The van der Waals surface area contributed by atoms with E-state index in [2.05, 4.69) is 18.4 Å². The van der Waals surface area contributed by atoms with Gasteiger partial charge in [-0.1, -0.05) is 6.08 Å². The zero-order valence-electron chi connectivity index (χ0n) is 5.75. The zero-order chi connectivity index (χ0) is 6.85. The molecule has 2 nitrogen and oxygen atoms in total. The second-order valence-electron chi connectivity index (χ2n) is 2.61. The average Bonchev–Trinajstić information content (AvgIpc) is 2.47. The van der Waals surface area contributed by atoms with Gasteiger partial charge in [0.25, 0.3) is 0 Å². The molecular formula is C7H13NO. The van der Waals surface area contributed by atoms with Crippen LogP contribution in [-0.2, 0) is 0 Å². The molecule has 1 saturated heterocycles. The summed E-state index contributed by atoms with van der Waals surface area (Å²) in [5.74, 6) is 0. The molecule has 0 spiro atoms. The highest BCUT2D eigenvalue weighted by atomic mass is 16.3. The van der Waals surface area contributed by atoms with Crippen LogP contribution in [0.1, 0.15) is 6.92 Å². The lowest BCUT2D eigenvalue weighted by molar-refractivity contribution is 0.196. The highest BCUT2D eigenvalue weighted by Gasteiger charge is 2.29. The monoisotopic (exact) mass is 127 g/mol. The van der Waals surface area contributed by atoms with Gasteiger partial charge < -0.3 is 5.11 Å². The van der Waals surface area contributed by atoms with E-state index in [4.69, 9.17) is 5.11 Å². The number of β-amino-alcohol motifs (C(OH)–C–C–N with tert-alkyl or cyclic N) is 1. The lowest BCUT2D eigenvalue weighted by Gasteiger charge is -2.04. The third-order valence-electron chi connectivity index (χ3n) is 1.68. The second-order valence-corrected chi connectivity index (χ2v) is 2.61. The minimum Gasteiger partial charge on any atom is -0.388 e. The first kappa shape index (κ1) is 6.78. The number of rotatable bonds is 3. The molecule has 1 rings (SSSR count). The van der Waals surface area contributed by atoms with E-state index in [0.717, 1.165) is 13.1 Å². The Labute approximate surface area is 55.8 Å². The number of nitrogens with zero attached hydrogens (tertiary/aromatic N) is 1. The largest absolute Gasteiger partial charge is 0.388 e. The minimum atomic E-state index is -0.338. The summed E-state index contributed by atoms with van der Waals surface area (Å²) in [6, 6.07) is 0.680. The lowest BCUT2D eigenvalue weighted by Crippen LogP contribution is -2.16. The molecule has 0 bridgehead atoms. The molecule has 1 heterocycles. The summed E-state index contributed by atoms with van der Waals surface area (Å²) in [7, 11) is 0. The number of hydrogen-bond acceptors (Lipinski definition) is 2. The van der Waals surface area contributed by atoms with E-state index in [1.807, 2.05) is 0 Å². The van der Waals surface area contributed by atoms with Gasteiger partial charge in [-0.15, -0.1) is 6.58 Å². The Kier molecular flexibility index (Phi) is 1.88. The second kappa shape index (κ2) is 2.50. The Bertz CT molecular complexity index is 113. The Hall–Kier alpha value is -0.340. The van der Waals surface area contributed by atoms with Crippen LogP contribution >= 0.6 is 0 Å². The van der Waals surface area contributed by atoms with Gasteiger partial charge in [-0.05, 0) is 6.92 Å². The van der Waals surface area contributed by atoms with Crippen molar-refractivity contribution in [1.82, 2.24) is 4.90 Å². The third kappa shape index (κ3) is 1.80. The molecule has 2 heteroatoms. The third-order valence-corrected chi connectivity index (χ3v) is 1.68. The maximum atomic E-state index is 9.03. The smallest absolute Gasteiger partial charge is 0.0845 e. The van der Waals surface area contributed by atoms with E-state index < -0.39 is 0 Å². The normalized spacial score (nSPS) is 35.8. The molecule has 0 aromatic carbocycles. The highest BCUT2D eigenvalue weighted by Crippen LogP contribution is 2.15. The summed E-state index contributed by atoms with van der Waals surface area (Å²) in [6.07, 6.45) is 1.24. The van der Waals surface area contributed by atoms with Crippen LogP contribution in [0.15, 0.2) is 12.7 Å². The molecule has 0 saturated carbocycles. The molecule has 0 aromatic heterocycles. The van der Waals surface area contributed by atoms with Gasteiger partial charge in [0, 0.05) is 19.1 Å². The molecule has 3 atom stereocenters. The summed E-state index contributed by atoms with van der Waals surface area (Å²) < 4.78 is 0. The Balaban J connectivity index is 2.11. The summed E-state index contributed by atoms with van der Waals surface area (Å²) in [6.45, 7) is 7.52. The van der Waals surface area contributed by atoms with Gasteiger partial charge in [-0.25, -0.2) is 0 Å². The predicted octanol–water partition coefficient (Wildman–Crippen LogP) is 0.237. The van der Waals surface area contributed by atoms with Crippen LogP contribution in [0.25, 0.3) is 0 Å². The molecule has 52 valence electrons. The van der Waals surface area contributed by atoms with Crippen LogP contribution in [0.3, 0.4) is 0 Å². The van der Waals surface area contributed by atoms with E-state index in [1.165, 1.54) is 0 Å². The van der Waals surface area contributed by atoms with Gasteiger partial charge in [0.1, 0.15) is 0 Å². The van der Waals surface area contributed by atoms with Gasteiger partial charge in [0.05, 0.1) is 6.10 Å². The van der Waals surface area contributed by atoms with Crippen molar-refractivity contribution >= 4 is 0 Å². The molecule has 1 N–H and O–H groups in total. The first-order valence-corrected chi connectivity index (χ1v) is 3.28. The summed E-state index contributed by atoms with van der Waals surface area (Å²) in [5, 5.41) is 9.03. The molecule has 1 fully saturated rings.